The molecule has 0 spiro atoms. The Balaban J connectivity index is 1.68. The van der Waals surface area contributed by atoms with Gasteiger partial charge in [-0.3, -0.25) is 13.9 Å². The number of hydrogen-bond donors (Lipinski definition) is 1. The van der Waals surface area contributed by atoms with Gasteiger partial charge in [-0.25, -0.2) is 12.8 Å². The summed E-state index contributed by atoms with van der Waals surface area (Å²) in [5, 5.41) is 3.65. The Hall–Kier alpha value is -3.14. The summed E-state index contributed by atoms with van der Waals surface area (Å²) in [4.78, 5) is 28.4. The summed E-state index contributed by atoms with van der Waals surface area (Å²) in [6.07, 6.45) is 3.78. The highest BCUT2D eigenvalue weighted by molar-refractivity contribution is 7.92. The average molecular weight is 607 g/mol. The van der Waals surface area contributed by atoms with E-state index in [-0.39, 0.29) is 34.1 Å². The molecule has 0 aliphatic heterocycles. The van der Waals surface area contributed by atoms with Gasteiger partial charge in [0.25, 0.3) is 10.0 Å². The third-order valence-corrected chi connectivity index (χ3v) is 9.19. The predicted molar refractivity (Wildman–Crippen MR) is 154 cm³/mol. The fraction of sp³-hybridized carbons (Fsp3) is 0.310. The van der Waals surface area contributed by atoms with Crippen LogP contribution in [0.4, 0.5) is 10.1 Å². The molecule has 40 heavy (non-hydrogen) atoms. The number of hydrogen-bond acceptors (Lipinski definition) is 4. The molecule has 2 amide bonds. The quantitative estimate of drug-likeness (QED) is 0.316. The lowest BCUT2D eigenvalue weighted by Gasteiger charge is -2.32. The Labute approximate surface area is 243 Å². The van der Waals surface area contributed by atoms with Crippen LogP contribution in [-0.4, -0.2) is 43.8 Å². The molecule has 0 saturated heterocycles. The lowest BCUT2D eigenvalue weighted by atomic mass is 10.1. The van der Waals surface area contributed by atoms with Crippen LogP contribution in [-0.2, 0) is 26.2 Å². The van der Waals surface area contributed by atoms with Gasteiger partial charge in [-0.05, 0) is 79.9 Å². The van der Waals surface area contributed by atoms with E-state index in [0.29, 0.717) is 10.6 Å². The third-order valence-electron chi connectivity index (χ3n) is 6.91. The zero-order valence-electron chi connectivity index (χ0n) is 21.9. The summed E-state index contributed by atoms with van der Waals surface area (Å²) < 4.78 is 42.1. The highest BCUT2D eigenvalue weighted by atomic mass is 35.5. The van der Waals surface area contributed by atoms with Gasteiger partial charge >= 0.3 is 0 Å². The normalized spacial score (nSPS) is 14.5. The van der Waals surface area contributed by atoms with Crippen molar-refractivity contribution in [3.05, 3.63) is 94.2 Å². The number of nitrogens with one attached hydrogen (secondary N) is 1. The molecule has 1 atom stereocenters. The molecule has 4 rings (SSSR count). The molecule has 1 aliphatic carbocycles. The van der Waals surface area contributed by atoms with E-state index >= 15 is 0 Å². The molecule has 0 radical (unpaired) electrons. The number of amides is 2. The van der Waals surface area contributed by atoms with Crippen LogP contribution in [0.2, 0.25) is 10.0 Å². The van der Waals surface area contributed by atoms with Crippen LogP contribution in [0, 0.1) is 5.82 Å². The molecule has 3 aromatic carbocycles. The summed E-state index contributed by atoms with van der Waals surface area (Å²) in [7, 11) is -4.24. The standard InChI is InChI=1S/C29H30Cl2FN3O4S/c1-20(29(37)33-25-6-2-3-7-25)34(18-21-9-13-24(32)14-10-21)28(36)19-35(26-8-4-5-23(31)17-26)40(38,39)27-15-11-22(30)12-16-27/h4-5,8-17,20,25H,2-3,6-7,18-19H2,1H3,(H,33,37)/t20-/m1/s1. The second-order valence-electron chi connectivity index (χ2n) is 9.76. The Morgan fingerprint density at radius 2 is 1.62 bits per heavy atom. The predicted octanol–water partition coefficient (Wildman–Crippen LogP) is 5.80. The molecule has 0 unspecified atom stereocenters. The summed E-state index contributed by atoms with van der Waals surface area (Å²) in [5.74, 6) is -1.39. The van der Waals surface area contributed by atoms with Gasteiger partial charge in [-0.15, -0.1) is 0 Å². The molecule has 1 fully saturated rings. The van der Waals surface area contributed by atoms with E-state index in [1.807, 2.05) is 0 Å². The fourth-order valence-electron chi connectivity index (χ4n) is 4.65. The minimum atomic E-state index is -4.24. The molecule has 1 aliphatic rings. The van der Waals surface area contributed by atoms with E-state index in [1.165, 1.54) is 65.6 Å². The van der Waals surface area contributed by atoms with Crippen molar-refractivity contribution in [2.75, 3.05) is 10.8 Å². The maximum atomic E-state index is 13.9. The Morgan fingerprint density at radius 3 is 2.25 bits per heavy atom. The third kappa shape index (κ3) is 7.33. The van der Waals surface area contributed by atoms with Gasteiger partial charge in [0.15, 0.2) is 0 Å². The summed E-state index contributed by atoms with van der Waals surface area (Å²) >= 11 is 12.1. The monoisotopic (exact) mass is 605 g/mol. The molecule has 1 N–H and O–H groups in total. The summed E-state index contributed by atoms with van der Waals surface area (Å²) in [6, 6.07) is 16.5. The van der Waals surface area contributed by atoms with Crippen molar-refractivity contribution >= 4 is 50.7 Å². The number of carbonyl (C=O) groups is 2. The van der Waals surface area contributed by atoms with E-state index in [9.17, 15) is 22.4 Å². The minimum Gasteiger partial charge on any atom is -0.352 e. The van der Waals surface area contributed by atoms with Crippen molar-refractivity contribution in [2.24, 2.45) is 0 Å². The molecule has 1 saturated carbocycles. The first-order valence-electron chi connectivity index (χ1n) is 12.9. The van der Waals surface area contributed by atoms with Crippen molar-refractivity contribution in [1.29, 1.82) is 0 Å². The second kappa shape index (κ2) is 13.0. The van der Waals surface area contributed by atoms with Crippen LogP contribution >= 0.6 is 23.2 Å². The largest absolute Gasteiger partial charge is 0.352 e. The van der Waals surface area contributed by atoms with Crippen LogP contribution in [0.1, 0.15) is 38.2 Å². The molecule has 0 aromatic heterocycles. The van der Waals surface area contributed by atoms with Gasteiger partial charge in [-0.1, -0.05) is 54.2 Å². The Morgan fingerprint density at radius 1 is 0.975 bits per heavy atom. The maximum absolute atomic E-state index is 13.9. The number of carbonyl (C=O) groups excluding carboxylic acids is 2. The lowest BCUT2D eigenvalue weighted by molar-refractivity contribution is -0.139. The number of benzene rings is 3. The topological polar surface area (TPSA) is 86.8 Å². The number of sulfonamides is 1. The molecule has 0 heterocycles. The molecule has 212 valence electrons. The SMILES string of the molecule is C[C@H](C(=O)NC1CCCC1)N(Cc1ccc(F)cc1)C(=O)CN(c1cccc(Cl)c1)S(=O)(=O)c1ccc(Cl)cc1. The highest BCUT2D eigenvalue weighted by Crippen LogP contribution is 2.28. The van der Waals surface area contributed by atoms with Crippen LogP contribution in [0.3, 0.4) is 0 Å². The minimum absolute atomic E-state index is 0.0251. The van der Waals surface area contributed by atoms with Gasteiger partial charge in [0.05, 0.1) is 10.6 Å². The molecular weight excluding hydrogens is 576 g/mol. The summed E-state index contributed by atoms with van der Waals surface area (Å²) in [5.41, 5.74) is 0.769. The van der Waals surface area contributed by atoms with Crippen molar-refractivity contribution in [3.8, 4) is 0 Å². The van der Waals surface area contributed by atoms with Gasteiger partial charge < -0.3 is 10.2 Å². The van der Waals surface area contributed by atoms with E-state index < -0.39 is 34.3 Å². The molecule has 3 aromatic rings. The van der Waals surface area contributed by atoms with Crippen molar-refractivity contribution in [2.45, 2.75) is 56.1 Å². The maximum Gasteiger partial charge on any atom is 0.264 e. The van der Waals surface area contributed by atoms with Crippen LogP contribution in [0.25, 0.3) is 0 Å². The number of halogens is 3. The van der Waals surface area contributed by atoms with E-state index in [0.717, 1.165) is 30.0 Å². The Bertz CT molecular complexity index is 1450. The second-order valence-corrected chi connectivity index (χ2v) is 12.5. The zero-order valence-corrected chi connectivity index (χ0v) is 24.2. The Kier molecular flexibility index (Phi) is 9.71. The van der Waals surface area contributed by atoms with Crippen LogP contribution < -0.4 is 9.62 Å². The van der Waals surface area contributed by atoms with Crippen molar-refractivity contribution in [3.63, 3.8) is 0 Å². The van der Waals surface area contributed by atoms with E-state index in [4.69, 9.17) is 23.2 Å². The van der Waals surface area contributed by atoms with Crippen molar-refractivity contribution in [1.82, 2.24) is 10.2 Å². The van der Waals surface area contributed by atoms with E-state index in [1.54, 1.807) is 19.1 Å². The van der Waals surface area contributed by atoms with Crippen molar-refractivity contribution < 1.29 is 22.4 Å². The first-order valence-corrected chi connectivity index (χ1v) is 15.1. The zero-order chi connectivity index (χ0) is 28.9. The first kappa shape index (κ1) is 29.8. The van der Waals surface area contributed by atoms with Crippen LogP contribution in [0.5, 0.6) is 0 Å². The molecular formula is C29H30Cl2FN3O4S. The number of nitrogens with zero attached hydrogens (tertiary/aromatic N) is 2. The number of anilines is 1. The van der Waals surface area contributed by atoms with Gasteiger partial charge in [0, 0.05) is 22.6 Å². The van der Waals surface area contributed by atoms with Gasteiger partial charge in [-0.2, -0.15) is 0 Å². The molecule has 0 bridgehead atoms. The van der Waals surface area contributed by atoms with Gasteiger partial charge in [0.2, 0.25) is 11.8 Å². The summed E-state index contributed by atoms with van der Waals surface area (Å²) in [6.45, 7) is 0.972. The highest BCUT2D eigenvalue weighted by Gasteiger charge is 2.33. The fourth-order valence-corrected chi connectivity index (χ4v) is 6.37. The van der Waals surface area contributed by atoms with E-state index in [2.05, 4.69) is 5.32 Å². The lowest BCUT2D eigenvalue weighted by Crippen LogP contribution is -2.52. The van der Waals surface area contributed by atoms with Gasteiger partial charge in [0.1, 0.15) is 18.4 Å². The average Bonchev–Trinajstić information content (AvgIpc) is 3.44. The van der Waals surface area contributed by atoms with Crippen LogP contribution in [0.15, 0.2) is 77.7 Å². The molecule has 7 nitrogen and oxygen atoms in total. The first-order chi connectivity index (χ1) is 19.0. The smallest absolute Gasteiger partial charge is 0.264 e. The number of rotatable bonds is 10. The molecule has 11 heteroatoms.